The minimum absolute atomic E-state index is 0.250. The molecule has 3 rings (SSSR count). The lowest BCUT2D eigenvalue weighted by Gasteiger charge is -2.42. The van der Waals surface area contributed by atoms with Gasteiger partial charge >= 0.3 is 18.0 Å². The van der Waals surface area contributed by atoms with Gasteiger partial charge in [-0.3, -0.25) is 4.79 Å². The van der Waals surface area contributed by atoms with Gasteiger partial charge in [-0.25, -0.2) is 9.59 Å². The first-order valence-electron chi connectivity index (χ1n) is 9.61. The summed E-state index contributed by atoms with van der Waals surface area (Å²) in [5.74, 6) is -2.29. The average molecular weight is 423 g/mol. The summed E-state index contributed by atoms with van der Waals surface area (Å²) >= 11 is 5.17. The molecule has 2 saturated heterocycles. The van der Waals surface area contributed by atoms with Gasteiger partial charge in [0.05, 0.1) is 18.9 Å². The molecular formula is C20H26N2O6S. The molecule has 8 nitrogen and oxygen atoms in total. The van der Waals surface area contributed by atoms with Crippen molar-refractivity contribution in [2.24, 2.45) is 11.8 Å². The Morgan fingerprint density at radius 3 is 2.24 bits per heavy atom. The highest BCUT2D eigenvalue weighted by molar-refractivity contribution is 7.71. The van der Waals surface area contributed by atoms with Gasteiger partial charge in [-0.05, 0) is 52.2 Å². The highest BCUT2D eigenvalue weighted by Crippen LogP contribution is 2.44. The number of methoxy groups -OCH3 is 1. The summed E-state index contributed by atoms with van der Waals surface area (Å²) in [6, 6.07) is 4.32. The van der Waals surface area contributed by atoms with Crippen LogP contribution in [0.2, 0.25) is 0 Å². The molecule has 0 aliphatic carbocycles. The van der Waals surface area contributed by atoms with Crippen molar-refractivity contribution in [2.45, 2.75) is 57.7 Å². The lowest BCUT2D eigenvalue weighted by molar-refractivity contribution is -0.159. The van der Waals surface area contributed by atoms with Crippen LogP contribution in [0.4, 0.5) is 4.79 Å². The van der Waals surface area contributed by atoms with E-state index in [4.69, 9.17) is 26.5 Å². The number of aromatic nitrogens is 1. The van der Waals surface area contributed by atoms with Crippen molar-refractivity contribution >= 4 is 30.2 Å². The van der Waals surface area contributed by atoms with E-state index in [-0.39, 0.29) is 12.5 Å². The second-order valence-corrected chi connectivity index (χ2v) is 8.76. The molecule has 2 bridgehead atoms. The molecule has 1 aromatic rings. The minimum atomic E-state index is -0.693. The van der Waals surface area contributed by atoms with Crippen LogP contribution in [0.1, 0.15) is 40.0 Å². The molecule has 4 atom stereocenters. The number of rotatable bonds is 3. The summed E-state index contributed by atoms with van der Waals surface area (Å²) < 4.78 is 12.0. The Hall–Kier alpha value is -2.42. The number of ether oxygens (including phenoxy) is 2. The molecule has 29 heavy (non-hydrogen) atoms. The maximum absolute atomic E-state index is 13.0. The van der Waals surface area contributed by atoms with Gasteiger partial charge in [0.1, 0.15) is 10.2 Å². The molecule has 0 aromatic carbocycles. The molecule has 0 spiro atoms. The zero-order chi connectivity index (χ0) is 21.3. The number of esters is 1. The Balaban J connectivity index is 1.89. The summed E-state index contributed by atoms with van der Waals surface area (Å²) in [7, 11) is 1.30. The van der Waals surface area contributed by atoms with Gasteiger partial charge in [0.2, 0.25) is 0 Å². The van der Waals surface area contributed by atoms with Crippen molar-refractivity contribution in [1.82, 2.24) is 9.63 Å². The van der Waals surface area contributed by atoms with Crippen molar-refractivity contribution in [3.8, 4) is 0 Å². The van der Waals surface area contributed by atoms with Crippen molar-refractivity contribution in [3.05, 3.63) is 29.0 Å². The SMILES string of the molecule is COC(=O)[C@@H]1CC(C(=O)On2ccccc2=S)[C@@H]2CC[C@H]1N2C(=O)OC(C)(C)C. The fraction of sp³-hybridized carbons (Fsp3) is 0.600. The number of hydrogen-bond donors (Lipinski definition) is 0. The highest BCUT2D eigenvalue weighted by atomic mass is 32.1. The predicted octanol–water partition coefficient (Wildman–Crippen LogP) is 2.75. The summed E-state index contributed by atoms with van der Waals surface area (Å²) in [6.45, 7) is 5.33. The van der Waals surface area contributed by atoms with E-state index in [2.05, 4.69) is 0 Å². The average Bonchev–Trinajstić information content (AvgIpc) is 2.98. The van der Waals surface area contributed by atoms with Crippen molar-refractivity contribution in [1.29, 1.82) is 0 Å². The molecule has 0 radical (unpaired) electrons. The van der Waals surface area contributed by atoms with E-state index >= 15 is 0 Å². The van der Waals surface area contributed by atoms with Gasteiger partial charge in [-0.2, -0.15) is 4.73 Å². The van der Waals surface area contributed by atoms with Crippen LogP contribution in [0.5, 0.6) is 0 Å². The van der Waals surface area contributed by atoms with Gasteiger partial charge in [0.15, 0.2) is 0 Å². The fourth-order valence-corrected chi connectivity index (χ4v) is 4.32. The number of pyridine rings is 1. The first-order valence-corrected chi connectivity index (χ1v) is 10.0. The lowest BCUT2D eigenvalue weighted by Crippen LogP contribution is -2.57. The molecule has 2 aliphatic rings. The van der Waals surface area contributed by atoms with E-state index in [0.29, 0.717) is 17.5 Å². The van der Waals surface area contributed by atoms with Crippen LogP contribution >= 0.6 is 12.2 Å². The summed E-state index contributed by atoms with van der Waals surface area (Å²) in [4.78, 5) is 45.3. The van der Waals surface area contributed by atoms with Gasteiger partial charge < -0.3 is 19.2 Å². The van der Waals surface area contributed by atoms with Crippen molar-refractivity contribution < 1.29 is 28.7 Å². The van der Waals surface area contributed by atoms with E-state index in [1.54, 1.807) is 45.2 Å². The Morgan fingerprint density at radius 2 is 1.69 bits per heavy atom. The maximum atomic E-state index is 13.0. The van der Waals surface area contributed by atoms with E-state index in [1.807, 2.05) is 0 Å². The number of fused-ring (bicyclic) bond motifs is 2. The second kappa shape index (κ2) is 8.14. The normalized spacial score (nSPS) is 26.0. The molecule has 2 fully saturated rings. The highest BCUT2D eigenvalue weighted by Gasteiger charge is 2.55. The second-order valence-electron chi connectivity index (χ2n) is 8.35. The molecule has 1 unspecified atom stereocenters. The summed E-state index contributed by atoms with van der Waals surface area (Å²) in [5, 5.41) is 0. The Morgan fingerprint density at radius 1 is 1.07 bits per heavy atom. The molecule has 1 amide bonds. The smallest absolute Gasteiger partial charge is 0.410 e. The number of hydrogen-bond acceptors (Lipinski definition) is 7. The zero-order valence-corrected chi connectivity index (χ0v) is 17.8. The number of amides is 1. The third kappa shape index (κ3) is 4.44. The molecule has 3 heterocycles. The van der Waals surface area contributed by atoms with Gasteiger partial charge in [-0.1, -0.05) is 18.3 Å². The molecule has 2 aliphatic heterocycles. The van der Waals surface area contributed by atoms with E-state index in [0.717, 1.165) is 0 Å². The largest absolute Gasteiger partial charge is 0.469 e. The molecular weight excluding hydrogens is 396 g/mol. The third-order valence-electron chi connectivity index (χ3n) is 5.30. The first-order chi connectivity index (χ1) is 13.6. The third-order valence-corrected chi connectivity index (χ3v) is 5.61. The Labute approximate surface area is 174 Å². The molecule has 0 N–H and O–H groups in total. The quantitative estimate of drug-likeness (QED) is 0.547. The van der Waals surface area contributed by atoms with Crippen molar-refractivity contribution in [3.63, 3.8) is 0 Å². The van der Waals surface area contributed by atoms with Gasteiger partial charge in [0, 0.05) is 18.3 Å². The van der Waals surface area contributed by atoms with E-state index < -0.39 is 41.5 Å². The van der Waals surface area contributed by atoms with E-state index in [1.165, 1.54) is 16.7 Å². The van der Waals surface area contributed by atoms with Crippen LogP contribution in [0.25, 0.3) is 0 Å². The fourth-order valence-electron chi connectivity index (χ4n) is 4.14. The topological polar surface area (TPSA) is 87.1 Å². The number of piperidine rings is 1. The van der Waals surface area contributed by atoms with Crippen LogP contribution in [0.3, 0.4) is 0 Å². The van der Waals surface area contributed by atoms with Crippen LogP contribution in [-0.2, 0) is 19.1 Å². The van der Waals surface area contributed by atoms with Gasteiger partial charge in [0.25, 0.3) is 0 Å². The van der Waals surface area contributed by atoms with Crippen molar-refractivity contribution in [2.75, 3.05) is 7.11 Å². The minimum Gasteiger partial charge on any atom is -0.469 e. The maximum Gasteiger partial charge on any atom is 0.410 e. The van der Waals surface area contributed by atoms with Crippen LogP contribution in [-0.4, -0.2) is 52.5 Å². The Kier molecular flexibility index (Phi) is 5.97. The number of nitrogens with zero attached hydrogens (tertiary/aromatic N) is 2. The summed E-state index contributed by atoms with van der Waals surface area (Å²) in [5.41, 5.74) is -0.693. The standard InChI is InChI=1S/C20H26N2O6S/c1-20(2,3)27-19(25)22-14-8-9-15(22)13(11-12(14)17(23)26-4)18(24)28-21-10-6-5-7-16(21)29/h5-7,10,12-15H,8-9,11H2,1-4H3/t12-,13?,14-,15+/m1/s1. The van der Waals surface area contributed by atoms with Crippen LogP contribution in [0, 0.1) is 16.5 Å². The predicted molar refractivity (Wildman–Crippen MR) is 105 cm³/mol. The summed E-state index contributed by atoms with van der Waals surface area (Å²) in [6.07, 6.45) is 2.44. The molecule has 0 saturated carbocycles. The Bertz CT molecular complexity index is 861. The van der Waals surface area contributed by atoms with Crippen LogP contribution < -0.4 is 4.84 Å². The van der Waals surface area contributed by atoms with Crippen LogP contribution in [0.15, 0.2) is 24.4 Å². The molecule has 158 valence electrons. The molecule has 9 heteroatoms. The number of carbonyl (C=O) groups excluding carboxylic acids is 3. The molecule has 1 aromatic heterocycles. The lowest BCUT2D eigenvalue weighted by atomic mass is 9.83. The monoisotopic (exact) mass is 422 g/mol. The number of carbonyl (C=O) groups is 3. The van der Waals surface area contributed by atoms with E-state index in [9.17, 15) is 14.4 Å². The first kappa shape index (κ1) is 21.3. The van der Waals surface area contributed by atoms with Gasteiger partial charge in [-0.15, -0.1) is 0 Å². The zero-order valence-electron chi connectivity index (χ0n) is 17.0.